The zero-order chi connectivity index (χ0) is 14.1. The summed E-state index contributed by atoms with van der Waals surface area (Å²) in [5, 5.41) is 5.27. The molecule has 1 aromatic heterocycles. The van der Waals surface area contributed by atoms with E-state index in [-0.39, 0.29) is 0 Å². The van der Waals surface area contributed by atoms with Crippen molar-refractivity contribution in [3.8, 4) is 22.5 Å². The molecule has 100 valence electrons. The molecule has 4 rings (SSSR count). The van der Waals surface area contributed by atoms with Crippen LogP contribution in [0.15, 0.2) is 83.4 Å². The first-order valence-electron chi connectivity index (χ1n) is 6.93. The predicted octanol–water partition coefficient (Wildman–Crippen LogP) is 5.16. The van der Waals surface area contributed by atoms with Gasteiger partial charge in [0, 0.05) is 5.56 Å². The third kappa shape index (κ3) is 2.01. The van der Waals surface area contributed by atoms with Crippen LogP contribution in [0.1, 0.15) is 0 Å². The molecule has 0 spiro atoms. The Morgan fingerprint density at radius 3 is 2.00 bits per heavy atom. The Morgan fingerprint density at radius 2 is 1.29 bits per heavy atom. The molecule has 2 nitrogen and oxygen atoms in total. The lowest BCUT2D eigenvalue weighted by Crippen LogP contribution is -1.81. The van der Waals surface area contributed by atoms with Gasteiger partial charge in [-0.3, -0.25) is 0 Å². The van der Waals surface area contributed by atoms with Crippen LogP contribution in [0.4, 0.5) is 0 Å². The Hall–Kier alpha value is -2.87. The van der Waals surface area contributed by atoms with Crippen molar-refractivity contribution in [1.82, 2.24) is 5.16 Å². The van der Waals surface area contributed by atoms with Gasteiger partial charge in [0.1, 0.15) is 5.52 Å². The summed E-state index contributed by atoms with van der Waals surface area (Å²) in [5.74, 6) is 0.824. The molecule has 0 unspecified atom stereocenters. The monoisotopic (exact) mass is 271 g/mol. The van der Waals surface area contributed by atoms with Crippen molar-refractivity contribution in [3.05, 3.63) is 78.9 Å². The molecule has 0 saturated carbocycles. The third-order valence-corrected chi connectivity index (χ3v) is 3.63. The fourth-order valence-electron chi connectivity index (χ4n) is 2.64. The fraction of sp³-hybridized carbons (Fsp3) is 0. The molecule has 0 atom stereocenters. The normalized spacial score (nSPS) is 10.9. The Kier molecular flexibility index (Phi) is 2.79. The van der Waals surface area contributed by atoms with E-state index in [0.29, 0.717) is 0 Å². The minimum Gasteiger partial charge on any atom is -0.355 e. The standard InChI is InChI=1S/C19H13NO/c1-3-8-14(9-4-1)16-12-7-13-17-18(16)19(21-20-17)15-10-5-2-6-11-15/h1-13H. The summed E-state index contributed by atoms with van der Waals surface area (Å²) >= 11 is 0. The quantitative estimate of drug-likeness (QED) is 0.503. The second-order valence-electron chi connectivity index (χ2n) is 4.94. The molecule has 4 aromatic rings. The highest BCUT2D eigenvalue weighted by Gasteiger charge is 2.14. The van der Waals surface area contributed by atoms with Gasteiger partial charge in [-0.15, -0.1) is 0 Å². The van der Waals surface area contributed by atoms with Gasteiger partial charge in [-0.25, -0.2) is 0 Å². The van der Waals surface area contributed by atoms with E-state index in [4.69, 9.17) is 4.52 Å². The molecule has 0 saturated heterocycles. The zero-order valence-corrected chi connectivity index (χ0v) is 11.4. The van der Waals surface area contributed by atoms with Gasteiger partial charge in [0.05, 0.1) is 5.39 Å². The molecule has 0 aliphatic heterocycles. The molecule has 1 heterocycles. The van der Waals surface area contributed by atoms with Crippen LogP contribution in [0, 0.1) is 0 Å². The molecule has 21 heavy (non-hydrogen) atoms. The maximum atomic E-state index is 5.61. The van der Waals surface area contributed by atoms with Crippen LogP contribution >= 0.6 is 0 Å². The molecule has 0 radical (unpaired) electrons. The first-order chi connectivity index (χ1) is 10.4. The molecule has 2 heteroatoms. The van der Waals surface area contributed by atoms with Crippen LogP contribution in [0.2, 0.25) is 0 Å². The van der Waals surface area contributed by atoms with Gasteiger partial charge in [-0.05, 0) is 17.2 Å². The summed E-state index contributed by atoms with van der Waals surface area (Å²) in [6, 6.07) is 26.5. The van der Waals surface area contributed by atoms with E-state index in [1.165, 1.54) is 5.56 Å². The summed E-state index contributed by atoms with van der Waals surface area (Å²) < 4.78 is 5.61. The van der Waals surface area contributed by atoms with Gasteiger partial charge in [0.25, 0.3) is 0 Å². The highest BCUT2D eigenvalue weighted by molar-refractivity contribution is 6.02. The lowest BCUT2D eigenvalue weighted by molar-refractivity contribution is 0.441. The number of benzene rings is 3. The van der Waals surface area contributed by atoms with Gasteiger partial charge in [-0.2, -0.15) is 0 Å². The van der Waals surface area contributed by atoms with Crippen molar-refractivity contribution in [1.29, 1.82) is 0 Å². The van der Waals surface area contributed by atoms with E-state index < -0.39 is 0 Å². The van der Waals surface area contributed by atoms with Crippen molar-refractivity contribution in [2.45, 2.75) is 0 Å². The second kappa shape index (κ2) is 4.91. The van der Waals surface area contributed by atoms with E-state index >= 15 is 0 Å². The highest BCUT2D eigenvalue weighted by atomic mass is 16.5. The molecular formula is C19H13NO. The van der Waals surface area contributed by atoms with Crippen molar-refractivity contribution >= 4 is 10.9 Å². The minimum absolute atomic E-state index is 0.824. The molecular weight excluding hydrogens is 258 g/mol. The minimum atomic E-state index is 0.824. The average molecular weight is 271 g/mol. The number of hydrogen-bond acceptors (Lipinski definition) is 2. The summed E-state index contributed by atoms with van der Waals surface area (Å²) in [6.07, 6.45) is 0. The Bertz CT molecular complexity index is 879. The van der Waals surface area contributed by atoms with Crippen LogP contribution in [0.3, 0.4) is 0 Å². The third-order valence-electron chi connectivity index (χ3n) is 3.63. The molecule has 3 aromatic carbocycles. The van der Waals surface area contributed by atoms with Gasteiger partial charge in [-0.1, -0.05) is 78.0 Å². The predicted molar refractivity (Wildman–Crippen MR) is 84.9 cm³/mol. The summed E-state index contributed by atoms with van der Waals surface area (Å²) in [7, 11) is 0. The van der Waals surface area contributed by atoms with Crippen LogP contribution in [-0.2, 0) is 0 Å². The summed E-state index contributed by atoms with van der Waals surface area (Å²) in [5.41, 5.74) is 4.25. The summed E-state index contributed by atoms with van der Waals surface area (Å²) in [6.45, 7) is 0. The smallest absolute Gasteiger partial charge is 0.175 e. The fourth-order valence-corrected chi connectivity index (χ4v) is 2.64. The Morgan fingerprint density at radius 1 is 0.619 bits per heavy atom. The van der Waals surface area contributed by atoms with E-state index in [1.807, 2.05) is 60.7 Å². The summed E-state index contributed by atoms with van der Waals surface area (Å²) in [4.78, 5) is 0. The molecule has 0 aliphatic carbocycles. The van der Waals surface area contributed by atoms with Gasteiger partial charge < -0.3 is 4.52 Å². The number of rotatable bonds is 2. The van der Waals surface area contributed by atoms with Crippen LogP contribution in [0.5, 0.6) is 0 Å². The first kappa shape index (κ1) is 11.9. The lowest BCUT2D eigenvalue weighted by Gasteiger charge is -2.04. The lowest BCUT2D eigenvalue weighted by atomic mass is 9.98. The molecule has 0 aliphatic rings. The van der Waals surface area contributed by atoms with Crippen molar-refractivity contribution < 1.29 is 4.52 Å². The number of nitrogens with zero attached hydrogens (tertiary/aromatic N) is 1. The van der Waals surface area contributed by atoms with Gasteiger partial charge in [0.15, 0.2) is 5.76 Å². The van der Waals surface area contributed by atoms with Crippen LogP contribution < -0.4 is 0 Å². The molecule has 0 fully saturated rings. The highest BCUT2D eigenvalue weighted by Crippen LogP contribution is 2.36. The zero-order valence-electron chi connectivity index (χ0n) is 11.4. The topological polar surface area (TPSA) is 26.0 Å². The van der Waals surface area contributed by atoms with Crippen molar-refractivity contribution in [2.75, 3.05) is 0 Å². The van der Waals surface area contributed by atoms with E-state index in [1.54, 1.807) is 0 Å². The number of fused-ring (bicyclic) bond motifs is 1. The maximum absolute atomic E-state index is 5.61. The number of hydrogen-bond donors (Lipinski definition) is 0. The maximum Gasteiger partial charge on any atom is 0.175 e. The van der Waals surface area contributed by atoms with E-state index in [9.17, 15) is 0 Å². The van der Waals surface area contributed by atoms with Crippen molar-refractivity contribution in [3.63, 3.8) is 0 Å². The first-order valence-corrected chi connectivity index (χ1v) is 6.93. The molecule has 0 N–H and O–H groups in total. The molecule has 0 bridgehead atoms. The molecule has 0 amide bonds. The van der Waals surface area contributed by atoms with Crippen LogP contribution in [-0.4, -0.2) is 5.16 Å². The Balaban J connectivity index is 2.03. The largest absolute Gasteiger partial charge is 0.355 e. The van der Waals surface area contributed by atoms with Crippen LogP contribution in [0.25, 0.3) is 33.4 Å². The van der Waals surface area contributed by atoms with Gasteiger partial charge in [0.2, 0.25) is 0 Å². The van der Waals surface area contributed by atoms with E-state index in [2.05, 4.69) is 23.4 Å². The average Bonchev–Trinajstić information content (AvgIpc) is 3.00. The second-order valence-corrected chi connectivity index (χ2v) is 4.94. The SMILES string of the molecule is c1ccc(-c2cccc3noc(-c4ccccc4)c23)cc1. The number of aromatic nitrogens is 1. The Labute approximate surface area is 122 Å². The van der Waals surface area contributed by atoms with Crippen molar-refractivity contribution in [2.24, 2.45) is 0 Å². The van der Waals surface area contributed by atoms with E-state index in [0.717, 1.165) is 27.8 Å². The van der Waals surface area contributed by atoms with Gasteiger partial charge >= 0.3 is 0 Å².